The molecular weight excluding hydrogens is 186 g/mol. The van der Waals surface area contributed by atoms with Crippen LogP contribution in [-0.4, -0.2) is 13.7 Å². The SMILES string of the molecule is CCNC1CCc2ccc(COC)cc21. The quantitative estimate of drug-likeness (QED) is 0.815. The largest absolute Gasteiger partial charge is 0.380 e. The molecule has 2 heteroatoms. The van der Waals surface area contributed by atoms with Crippen molar-refractivity contribution in [2.45, 2.75) is 32.4 Å². The molecule has 2 rings (SSSR count). The van der Waals surface area contributed by atoms with E-state index in [1.165, 1.54) is 29.5 Å². The van der Waals surface area contributed by atoms with Gasteiger partial charge in [-0.3, -0.25) is 0 Å². The Labute approximate surface area is 91.6 Å². The van der Waals surface area contributed by atoms with Crippen LogP contribution in [0.1, 0.15) is 36.1 Å². The molecule has 0 amide bonds. The molecule has 1 atom stereocenters. The maximum absolute atomic E-state index is 5.16. The Hall–Kier alpha value is -0.860. The summed E-state index contributed by atoms with van der Waals surface area (Å²) in [7, 11) is 1.75. The molecule has 15 heavy (non-hydrogen) atoms. The third-order valence-electron chi connectivity index (χ3n) is 3.05. The average molecular weight is 205 g/mol. The molecule has 0 bridgehead atoms. The zero-order valence-corrected chi connectivity index (χ0v) is 9.55. The molecular formula is C13H19NO. The third-order valence-corrected chi connectivity index (χ3v) is 3.05. The highest BCUT2D eigenvalue weighted by atomic mass is 16.5. The van der Waals surface area contributed by atoms with Gasteiger partial charge in [0.25, 0.3) is 0 Å². The van der Waals surface area contributed by atoms with Crippen LogP contribution in [0.25, 0.3) is 0 Å². The second-order valence-corrected chi connectivity index (χ2v) is 4.12. The summed E-state index contributed by atoms with van der Waals surface area (Å²) in [5.74, 6) is 0. The molecule has 0 fully saturated rings. The predicted molar refractivity (Wildman–Crippen MR) is 61.9 cm³/mol. The van der Waals surface area contributed by atoms with Crippen molar-refractivity contribution in [2.24, 2.45) is 0 Å². The van der Waals surface area contributed by atoms with Gasteiger partial charge in [0.15, 0.2) is 0 Å². The van der Waals surface area contributed by atoms with Crippen molar-refractivity contribution in [3.05, 3.63) is 34.9 Å². The van der Waals surface area contributed by atoms with Gasteiger partial charge in [-0.1, -0.05) is 25.1 Å². The lowest BCUT2D eigenvalue weighted by Gasteiger charge is -2.13. The zero-order chi connectivity index (χ0) is 10.7. The molecule has 1 N–H and O–H groups in total. The van der Waals surface area contributed by atoms with Crippen LogP contribution < -0.4 is 5.32 Å². The molecule has 1 aromatic carbocycles. The smallest absolute Gasteiger partial charge is 0.0713 e. The van der Waals surface area contributed by atoms with E-state index < -0.39 is 0 Å². The molecule has 1 unspecified atom stereocenters. The fraction of sp³-hybridized carbons (Fsp3) is 0.538. The first-order valence-corrected chi connectivity index (χ1v) is 5.69. The van der Waals surface area contributed by atoms with Crippen molar-refractivity contribution < 1.29 is 4.74 Å². The second kappa shape index (κ2) is 4.77. The van der Waals surface area contributed by atoms with E-state index in [0.717, 1.165) is 6.54 Å². The molecule has 0 radical (unpaired) electrons. The minimum absolute atomic E-state index is 0.557. The molecule has 2 nitrogen and oxygen atoms in total. The lowest BCUT2D eigenvalue weighted by atomic mass is 10.0. The third kappa shape index (κ3) is 2.21. The van der Waals surface area contributed by atoms with Crippen molar-refractivity contribution in [1.29, 1.82) is 0 Å². The maximum atomic E-state index is 5.16. The van der Waals surface area contributed by atoms with Gasteiger partial charge in [-0.05, 0) is 36.1 Å². The maximum Gasteiger partial charge on any atom is 0.0713 e. The number of nitrogens with one attached hydrogen (secondary N) is 1. The number of hydrogen-bond acceptors (Lipinski definition) is 2. The summed E-state index contributed by atoms with van der Waals surface area (Å²) >= 11 is 0. The van der Waals surface area contributed by atoms with Crippen LogP contribution in [0.3, 0.4) is 0 Å². The molecule has 0 spiro atoms. The van der Waals surface area contributed by atoms with Gasteiger partial charge in [0, 0.05) is 13.2 Å². The van der Waals surface area contributed by atoms with E-state index in [4.69, 9.17) is 4.74 Å². The van der Waals surface area contributed by atoms with Crippen LogP contribution in [0, 0.1) is 0 Å². The molecule has 0 heterocycles. The van der Waals surface area contributed by atoms with Gasteiger partial charge in [-0.2, -0.15) is 0 Å². The van der Waals surface area contributed by atoms with Crippen LogP contribution in [-0.2, 0) is 17.8 Å². The molecule has 0 saturated heterocycles. The first-order valence-electron chi connectivity index (χ1n) is 5.69. The Morgan fingerprint density at radius 1 is 1.47 bits per heavy atom. The Morgan fingerprint density at radius 2 is 2.33 bits per heavy atom. The Kier molecular flexibility index (Phi) is 3.39. The van der Waals surface area contributed by atoms with Crippen LogP contribution in [0.4, 0.5) is 0 Å². The molecule has 0 saturated carbocycles. The van der Waals surface area contributed by atoms with E-state index in [1.54, 1.807) is 7.11 Å². The van der Waals surface area contributed by atoms with Crippen molar-refractivity contribution in [1.82, 2.24) is 5.32 Å². The number of fused-ring (bicyclic) bond motifs is 1. The Balaban J connectivity index is 2.21. The van der Waals surface area contributed by atoms with E-state index in [1.807, 2.05) is 0 Å². The van der Waals surface area contributed by atoms with Gasteiger partial charge in [0.2, 0.25) is 0 Å². The highest BCUT2D eigenvalue weighted by Gasteiger charge is 2.21. The summed E-state index contributed by atoms with van der Waals surface area (Å²) in [5, 5.41) is 3.53. The van der Waals surface area contributed by atoms with Gasteiger partial charge in [-0.25, -0.2) is 0 Å². The van der Waals surface area contributed by atoms with E-state index in [0.29, 0.717) is 12.6 Å². The van der Waals surface area contributed by atoms with Crippen molar-refractivity contribution in [3.8, 4) is 0 Å². The molecule has 1 aliphatic rings. The van der Waals surface area contributed by atoms with Crippen LogP contribution >= 0.6 is 0 Å². The summed E-state index contributed by atoms with van der Waals surface area (Å²) in [6.07, 6.45) is 2.44. The Bertz CT molecular complexity index is 333. The molecule has 1 aromatic rings. The van der Waals surface area contributed by atoms with E-state index >= 15 is 0 Å². The monoisotopic (exact) mass is 205 g/mol. The van der Waals surface area contributed by atoms with E-state index in [2.05, 4.69) is 30.4 Å². The van der Waals surface area contributed by atoms with Crippen molar-refractivity contribution >= 4 is 0 Å². The first-order chi connectivity index (χ1) is 7.35. The van der Waals surface area contributed by atoms with Crippen LogP contribution in [0.2, 0.25) is 0 Å². The number of ether oxygens (including phenoxy) is 1. The minimum Gasteiger partial charge on any atom is -0.380 e. The van der Waals surface area contributed by atoms with E-state index in [-0.39, 0.29) is 0 Å². The molecule has 0 aliphatic heterocycles. The first kappa shape index (κ1) is 10.7. The zero-order valence-electron chi connectivity index (χ0n) is 9.55. The second-order valence-electron chi connectivity index (χ2n) is 4.12. The van der Waals surface area contributed by atoms with Gasteiger partial charge in [0.05, 0.1) is 6.61 Å². The minimum atomic E-state index is 0.557. The number of methoxy groups -OCH3 is 1. The topological polar surface area (TPSA) is 21.3 Å². The number of hydrogen-bond donors (Lipinski definition) is 1. The molecule has 0 aromatic heterocycles. The van der Waals surface area contributed by atoms with Gasteiger partial charge >= 0.3 is 0 Å². The number of rotatable bonds is 4. The standard InChI is InChI=1S/C13H19NO/c1-3-14-13-7-6-11-5-4-10(9-15-2)8-12(11)13/h4-5,8,13-14H,3,6-7,9H2,1-2H3. The lowest BCUT2D eigenvalue weighted by Crippen LogP contribution is -2.18. The summed E-state index contributed by atoms with van der Waals surface area (Å²) in [6, 6.07) is 7.28. The highest BCUT2D eigenvalue weighted by molar-refractivity contribution is 5.37. The normalized spacial score (nSPS) is 19.2. The van der Waals surface area contributed by atoms with Crippen molar-refractivity contribution in [3.63, 3.8) is 0 Å². The number of aryl methyl sites for hydroxylation is 1. The fourth-order valence-corrected chi connectivity index (χ4v) is 2.37. The molecule has 82 valence electrons. The highest BCUT2D eigenvalue weighted by Crippen LogP contribution is 2.31. The Morgan fingerprint density at radius 3 is 3.07 bits per heavy atom. The van der Waals surface area contributed by atoms with Gasteiger partial charge < -0.3 is 10.1 Å². The van der Waals surface area contributed by atoms with Crippen molar-refractivity contribution in [2.75, 3.05) is 13.7 Å². The lowest BCUT2D eigenvalue weighted by molar-refractivity contribution is 0.185. The number of benzene rings is 1. The van der Waals surface area contributed by atoms with E-state index in [9.17, 15) is 0 Å². The van der Waals surface area contributed by atoms with Crippen LogP contribution in [0.5, 0.6) is 0 Å². The van der Waals surface area contributed by atoms with Gasteiger partial charge in [0.1, 0.15) is 0 Å². The van der Waals surface area contributed by atoms with Gasteiger partial charge in [-0.15, -0.1) is 0 Å². The molecule has 1 aliphatic carbocycles. The predicted octanol–water partition coefficient (Wildman–Crippen LogP) is 2.43. The fourth-order valence-electron chi connectivity index (χ4n) is 2.37. The summed E-state index contributed by atoms with van der Waals surface area (Å²) in [4.78, 5) is 0. The summed E-state index contributed by atoms with van der Waals surface area (Å²) in [5.41, 5.74) is 4.26. The summed E-state index contributed by atoms with van der Waals surface area (Å²) in [6.45, 7) is 3.92. The summed E-state index contributed by atoms with van der Waals surface area (Å²) < 4.78 is 5.16. The average Bonchev–Trinajstić information content (AvgIpc) is 2.63. The van der Waals surface area contributed by atoms with Crippen LogP contribution in [0.15, 0.2) is 18.2 Å².